The van der Waals surface area contributed by atoms with Crippen LogP contribution >= 0.6 is 46.4 Å². The van der Waals surface area contributed by atoms with Gasteiger partial charge in [0.05, 0.1) is 21.4 Å². The number of aliphatic imine (C=N–C) groups is 2. The molecular formula is C28H20Cl4N2O2. The van der Waals surface area contributed by atoms with Crippen LogP contribution in [0.15, 0.2) is 82.8 Å². The number of phenols is 2. The second kappa shape index (κ2) is 11.8. The Bertz CT molecular complexity index is 1360. The number of phenolic OH excluding ortho intramolecular Hbond substituents is 2. The molecule has 0 saturated heterocycles. The molecule has 0 heterocycles. The third-order valence-corrected chi connectivity index (χ3v) is 6.46. The number of halogens is 4. The van der Waals surface area contributed by atoms with E-state index in [-0.39, 0.29) is 21.5 Å². The molecule has 0 aromatic heterocycles. The van der Waals surface area contributed by atoms with E-state index in [1.807, 2.05) is 48.5 Å². The number of para-hydroxylation sites is 2. The SMILES string of the molecule is Oc1c(Cl)cc(Cl)cc1C=Nc1ccccc1CCc1ccccc1N=Cc1cc(Cl)cc(Cl)c1O. The molecule has 0 spiro atoms. The molecule has 4 rings (SSSR count). The first-order chi connectivity index (χ1) is 17.3. The average Bonchev–Trinajstić information content (AvgIpc) is 2.86. The summed E-state index contributed by atoms with van der Waals surface area (Å²) in [7, 11) is 0. The zero-order valence-corrected chi connectivity index (χ0v) is 21.8. The molecular weight excluding hydrogens is 538 g/mol. The van der Waals surface area contributed by atoms with Crippen LogP contribution in [0.25, 0.3) is 0 Å². The molecule has 2 N–H and O–H groups in total. The molecule has 182 valence electrons. The summed E-state index contributed by atoms with van der Waals surface area (Å²) in [6.45, 7) is 0. The van der Waals surface area contributed by atoms with Gasteiger partial charge in [-0.1, -0.05) is 82.8 Å². The largest absolute Gasteiger partial charge is 0.506 e. The topological polar surface area (TPSA) is 65.2 Å². The average molecular weight is 558 g/mol. The van der Waals surface area contributed by atoms with E-state index in [9.17, 15) is 10.2 Å². The molecule has 0 bridgehead atoms. The lowest BCUT2D eigenvalue weighted by molar-refractivity contribution is 0.474. The number of hydrogen-bond donors (Lipinski definition) is 2. The summed E-state index contributed by atoms with van der Waals surface area (Å²) >= 11 is 24.2. The van der Waals surface area contributed by atoms with Crippen LogP contribution in [0.3, 0.4) is 0 Å². The number of aryl methyl sites for hydroxylation is 2. The van der Waals surface area contributed by atoms with Crippen molar-refractivity contribution in [3.63, 3.8) is 0 Å². The minimum atomic E-state index is -0.0684. The lowest BCUT2D eigenvalue weighted by Gasteiger charge is -2.09. The van der Waals surface area contributed by atoms with Gasteiger partial charge in [-0.15, -0.1) is 0 Å². The van der Waals surface area contributed by atoms with E-state index < -0.39 is 0 Å². The van der Waals surface area contributed by atoms with Gasteiger partial charge in [-0.3, -0.25) is 9.98 Å². The predicted octanol–water partition coefficient (Wildman–Crippen LogP) is 9.00. The van der Waals surface area contributed by atoms with Gasteiger partial charge in [0.2, 0.25) is 0 Å². The maximum Gasteiger partial charge on any atom is 0.143 e. The molecule has 8 heteroatoms. The van der Waals surface area contributed by atoms with Gasteiger partial charge in [0.15, 0.2) is 0 Å². The summed E-state index contributed by atoms with van der Waals surface area (Å²) in [5.41, 5.74) is 4.47. The standard InChI is InChI=1S/C28H20Cl4N2O2/c29-21-11-19(27(35)23(31)13-21)15-33-25-7-3-1-5-17(25)9-10-18-6-2-4-8-26(18)34-16-20-12-22(30)14-24(32)28(20)36/h1-8,11-16,35-36H,9-10H2. The minimum Gasteiger partial charge on any atom is -0.506 e. The van der Waals surface area contributed by atoms with E-state index in [0.29, 0.717) is 34.0 Å². The molecule has 4 aromatic carbocycles. The first-order valence-corrected chi connectivity index (χ1v) is 12.4. The third-order valence-electron chi connectivity index (χ3n) is 5.45. The Morgan fingerprint density at radius 2 is 0.972 bits per heavy atom. The quantitative estimate of drug-likeness (QED) is 0.223. The van der Waals surface area contributed by atoms with Crippen LogP contribution in [0.1, 0.15) is 22.3 Å². The predicted molar refractivity (Wildman–Crippen MR) is 151 cm³/mol. The van der Waals surface area contributed by atoms with Crippen LogP contribution in [0, 0.1) is 0 Å². The van der Waals surface area contributed by atoms with Gasteiger partial charge >= 0.3 is 0 Å². The normalized spacial score (nSPS) is 11.6. The van der Waals surface area contributed by atoms with Crippen molar-refractivity contribution >= 4 is 70.2 Å². The fourth-order valence-electron chi connectivity index (χ4n) is 3.61. The highest BCUT2D eigenvalue weighted by molar-refractivity contribution is 6.36. The van der Waals surface area contributed by atoms with Crippen LogP contribution < -0.4 is 0 Å². The lowest BCUT2D eigenvalue weighted by atomic mass is 10.0. The highest BCUT2D eigenvalue weighted by Crippen LogP contribution is 2.32. The zero-order valence-electron chi connectivity index (χ0n) is 18.8. The molecule has 0 atom stereocenters. The molecule has 0 fully saturated rings. The van der Waals surface area contributed by atoms with Gasteiger partial charge in [-0.05, 0) is 60.4 Å². The maximum absolute atomic E-state index is 10.2. The zero-order chi connectivity index (χ0) is 25.7. The van der Waals surface area contributed by atoms with E-state index in [1.54, 1.807) is 24.6 Å². The Balaban J connectivity index is 1.55. The summed E-state index contributed by atoms with van der Waals surface area (Å²) in [4.78, 5) is 9.14. The summed E-state index contributed by atoms with van der Waals surface area (Å²) in [5.74, 6) is -0.137. The van der Waals surface area contributed by atoms with E-state index in [1.165, 1.54) is 12.1 Å². The first-order valence-electron chi connectivity index (χ1n) is 10.9. The van der Waals surface area contributed by atoms with Crippen molar-refractivity contribution in [2.45, 2.75) is 12.8 Å². The molecule has 0 aliphatic heterocycles. The molecule has 0 aliphatic carbocycles. The van der Waals surface area contributed by atoms with Crippen molar-refractivity contribution in [3.8, 4) is 11.5 Å². The van der Waals surface area contributed by atoms with Crippen molar-refractivity contribution in [1.82, 2.24) is 0 Å². The van der Waals surface area contributed by atoms with E-state index in [0.717, 1.165) is 22.5 Å². The Kier molecular flexibility index (Phi) is 8.55. The van der Waals surface area contributed by atoms with Crippen molar-refractivity contribution < 1.29 is 10.2 Å². The summed E-state index contributed by atoms with van der Waals surface area (Å²) in [6.07, 6.45) is 4.51. The molecule has 0 amide bonds. The Morgan fingerprint density at radius 1 is 0.583 bits per heavy atom. The summed E-state index contributed by atoms with van der Waals surface area (Å²) < 4.78 is 0. The summed E-state index contributed by atoms with van der Waals surface area (Å²) in [6, 6.07) is 21.7. The van der Waals surface area contributed by atoms with Gasteiger partial charge < -0.3 is 10.2 Å². The third kappa shape index (κ3) is 6.40. The van der Waals surface area contributed by atoms with Crippen LogP contribution in [0.4, 0.5) is 11.4 Å². The molecule has 0 radical (unpaired) electrons. The Morgan fingerprint density at radius 3 is 1.39 bits per heavy atom. The smallest absolute Gasteiger partial charge is 0.143 e. The highest BCUT2D eigenvalue weighted by atomic mass is 35.5. The van der Waals surface area contributed by atoms with Gasteiger partial charge in [0, 0.05) is 33.6 Å². The van der Waals surface area contributed by atoms with Crippen LogP contribution in [-0.2, 0) is 12.8 Å². The molecule has 36 heavy (non-hydrogen) atoms. The number of benzene rings is 4. The van der Waals surface area contributed by atoms with Crippen molar-refractivity contribution in [1.29, 1.82) is 0 Å². The van der Waals surface area contributed by atoms with Crippen molar-refractivity contribution in [2.24, 2.45) is 9.98 Å². The molecule has 0 unspecified atom stereocenters. The fourth-order valence-corrected chi connectivity index (χ4v) is 4.63. The van der Waals surface area contributed by atoms with Gasteiger partial charge in [-0.25, -0.2) is 0 Å². The van der Waals surface area contributed by atoms with Gasteiger partial charge in [-0.2, -0.15) is 0 Å². The van der Waals surface area contributed by atoms with Crippen molar-refractivity contribution in [2.75, 3.05) is 0 Å². The number of aromatic hydroxyl groups is 2. The van der Waals surface area contributed by atoms with Crippen LogP contribution in [-0.4, -0.2) is 22.6 Å². The fraction of sp³-hybridized carbons (Fsp3) is 0.0714. The monoisotopic (exact) mass is 556 g/mol. The van der Waals surface area contributed by atoms with E-state index >= 15 is 0 Å². The Labute approximate surface area is 229 Å². The second-order valence-corrected chi connectivity index (χ2v) is 9.61. The highest BCUT2D eigenvalue weighted by Gasteiger charge is 2.09. The lowest BCUT2D eigenvalue weighted by Crippen LogP contribution is -1.93. The van der Waals surface area contributed by atoms with E-state index in [2.05, 4.69) is 9.98 Å². The molecule has 4 aromatic rings. The maximum atomic E-state index is 10.2. The van der Waals surface area contributed by atoms with E-state index in [4.69, 9.17) is 46.4 Å². The van der Waals surface area contributed by atoms with Gasteiger partial charge in [0.1, 0.15) is 11.5 Å². The number of hydrogen-bond acceptors (Lipinski definition) is 4. The Hall–Kier alpha value is -3.02. The summed E-state index contributed by atoms with van der Waals surface area (Å²) in [5, 5.41) is 21.6. The molecule has 4 nitrogen and oxygen atoms in total. The number of nitrogens with zero attached hydrogens (tertiary/aromatic N) is 2. The van der Waals surface area contributed by atoms with Crippen LogP contribution in [0.2, 0.25) is 20.1 Å². The minimum absolute atomic E-state index is 0.0684. The molecule has 0 aliphatic rings. The van der Waals surface area contributed by atoms with Crippen LogP contribution in [0.5, 0.6) is 11.5 Å². The molecule has 0 saturated carbocycles. The first kappa shape index (κ1) is 26.1. The second-order valence-electron chi connectivity index (χ2n) is 7.92. The number of rotatable bonds is 7. The van der Waals surface area contributed by atoms with Crippen molar-refractivity contribution in [3.05, 3.63) is 115 Å². The van der Waals surface area contributed by atoms with Gasteiger partial charge in [0.25, 0.3) is 0 Å².